The van der Waals surface area contributed by atoms with Crippen LogP contribution in [0.25, 0.3) is 0 Å². The van der Waals surface area contributed by atoms with Gasteiger partial charge in [0.25, 0.3) is 0 Å². The zero-order valence-corrected chi connectivity index (χ0v) is 14.1. The molecule has 0 radical (unpaired) electrons. The lowest BCUT2D eigenvalue weighted by molar-refractivity contribution is 0.198. The Bertz CT molecular complexity index is 426. The maximum absolute atomic E-state index is 6.34. The second-order valence-electron chi connectivity index (χ2n) is 5.00. The second-order valence-corrected chi connectivity index (χ2v) is 5.40. The molecule has 0 aromatic heterocycles. The molecule has 0 aliphatic carbocycles. The molecule has 0 saturated carbocycles. The van der Waals surface area contributed by atoms with Gasteiger partial charge in [-0.15, -0.1) is 0 Å². The van der Waals surface area contributed by atoms with Gasteiger partial charge in [-0.05, 0) is 31.0 Å². The van der Waals surface area contributed by atoms with E-state index in [4.69, 9.17) is 25.8 Å². The standard InChI is InChI=1S/C16H26ClNO3/c1-5-6-12(2)21-16-14(17)9-13(10-15(16)20-4)11-18-7-8-19-3/h9-10,12,18H,5-8,11H2,1-4H3. The summed E-state index contributed by atoms with van der Waals surface area (Å²) in [6.07, 6.45) is 2.18. The van der Waals surface area contributed by atoms with E-state index in [-0.39, 0.29) is 6.10 Å². The first kappa shape index (κ1) is 18.1. The number of ether oxygens (including phenoxy) is 3. The summed E-state index contributed by atoms with van der Waals surface area (Å²) in [5, 5.41) is 3.87. The normalized spacial score (nSPS) is 12.2. The highest BCUT2D eigenvalue weighted by Crippen LogP contribution is 2.37. The third-order valence-electron chi connectivity index (χ3n) is 3.12. The molecule has 21 heavy (non-hydrogen) atoms. The van der Waals surface area contributed by atoms with Crippen molar-refractivity contribution in [3.05, 3.63) is 22.7 Å². The van der Waals surface area contributed by atoms with Crippen molar-refractivity contribution in [1.82, 2.24) is 5.32 Å². The fourth-order valence-electron chi connectivity index (χ4n) is 2.06. The van der Waals surface area contributed by atoms with Crippen LogP contribution in [0, 0.1) is 0 Å². The molecule has 0 bridgehead atoms. The van der Waals surface area contributed by atoms with E-state index in [1.54, 1.807) is 14.2 Å². The van der Waals surface area contributed by atoms with Crippen LogP contribution in [0.5, 0.6) is 11.5 Å². The number of hydrogen-bond donors (Lipinski definition) is 1. The Morgan fingerprint density at radius 1 is 1.29 bits per heavy atom. The molecule has 0 saturated heterocycles. The molecule has 1 atom stereocenters. The SMILES string of the molecule is CCCC(C)Oc1c(Cl)cc(CNCCOC)cc1OC. The van der Waals surface area contributed by atoms with Gasteiger partial charge in [-0.2, -0.15) is 0 Å². The predicted molar refractivity (Wildman–Crippen MR) is 86.6 cm³/mol. The fraction of sp³-hybridized carbons (Fsp3) is 0.625. The van der Waals surface area contributed by atoms with E-state index in [0.29, 0.717) is 29.7 Å². The van der Waals surface area contributed by atoms with E-state index in [2.05, 4.69) is 12.2 Å². The molecule has 120 valence electrons. The van der Waals surface area contributed by atoms with Crippen LogP contribution < -0.4 is 14.8 Å². The number of benzene rings is 1. The Morgan fingerprint density at radius 2 is 2.05 bits per heavy atom. The van der Waals surface area contributed by atoms with E-state index in [1.165, 1.54) is 0 Å². The smallest absolute Gasteiger partial charge is 0.180 e. The van der Waals surface area contributed by atoms with Gasteiger partial charge in [-0.25, -0.2) is 0 Å². The zero-order valence-electron chi connectivity index (χ0n) is 13.4. The van der Waals surface area contributed by atoms with Gasteiger partial charge < -0.3 is 19.5 Å². The summed E-state index contributed by atoms with van der Waals surface area (Å²) in [6, 6.07) is 3.87. The predicted octanol–water partition coefficient (Wildman–Crippen LogP) is 3.65. The van der Waals surface area contributed by atoms with Crippen LogP contribution in [-0.4, -0.2) is 33.5 Å². The van der Waals surface area contributed by atoms with Crippen molar-refractivity contribution >= 4 is 11.6 Å². The maximum Gasteiger partial charge on any atom is 0.180 e. The number of nitrogens with one attached hydrogen (secondary N) is 1. The summed E-state index contributed by atoms with van der Waals surface area (Å²) in [7, 11) is 3.32. The Morgan fingerprint density at radius 3 is 2.67 bits per heavy atom. The van der Waals surface area contributed by atoms with E-state index in [0.717, 1.165) is 24.9 Å². The Kier molecular flexibility index (Phi) is 8.50. The molecule has 0 aliphatic heterocycles. The van der Waals surface area contributed by atoms with Crippen LogP contribution in [0.3, 0.4) is 0 Å². The lowest BCUT2D eigenvalue weighted by atomic mass is 10.2. The maximum atomic E-state index is 6.34. The van der Waals surface area contributed by atoms with E-state index in [1.807, 2.05) is 19.1 Å². The molecule has 4 nitrogen and oxygen atoms in total. The molecule has 0 fully saturated rings. The minimum Gasteiger partial charge on any atom is -0.493 e. The van der Waals surface area contributed by atoms with Gasteiger partial charge >= 0.3 is 0 Å². The molecule has 1 aromatic carbocycles. The monoisotopic (exact) mass is 315 g/mol. The van der Waals surface area contributed by atoms with Crippen LogP contribution in [0.4, 0.5) is 0 Å². The molecular weight excluding hydrogens is 290 g/mol. The van der Waals surface area contributed by atoms with Crippen molar-refractivity contribution in [2.75, 3.05) is 27.4 Å². The van der Waals surface area contributed by atoms with Crippen LogP contribution in [0.1, 0.15) is 32.3 Å². The molecule has 1 aromatic rings. The molecule has 0 amide bonds. The van der Waals surface area contributed by atoms with Crippen LogP contribution in [-0.2, 0) is 11.3 Å². The number of hydrogen-bond acceptors (Lipinski definition) is 4. The fourth-order valence-corrected chi connectivity index (χ4v) is 2.34. The van der Waals surface area contributed by atoms with Crippen molar-refractivity contribution < 1.29 is 14.2 Å². The minimum absolute atomic E-state index is 0.118. The first-order valence-electron chi connectivity index (χ1n) is 7.35. The summed E-state index contributed by atoms with van der Waals surface area (Å²) in [4.78, 5) is 0. The lowest BCUT2D eigenvalue weighted by Crippen LogP contribution is -2.18. The molecule has 0 spiro atoms. The third-order valence-corrected chi connectivity index (χ3v) is 3.40. The zero-order chi connectivity index (χ0) is 15.7. The van der Waals surface area contributed by atoms with Crippen molar-refractivity contribution in [3.63, 3.8) is 0 Å². The third kappa shape index (κ3) is 6.12. The molecule has 1 rings (SSSR count). The van der Waals surface area contributed by atoms with Gasteiger partial charge in [-0.1, -0.05) is 24.9 Å². The molecule has 0 aliphatic rings. The summed E-state index contributed by atoms with van der Waals surface area (Å²) >= 11 is 6.34. The quantitative estimate of drug-likeness (QED) is 0.669. The van der Waals surface area contributed by atoms with Gasteiger partial charge in [0.2, 0.25) is 0 Å². The van der Waals surface area contributed by atoms with E-state index in [9.17, 15) is 0 Å². The average molecular weight is 316 g/mol. The Labute approximate surface area is 132 Å². The highest BCUT2D eigenvalue weighted by atomic mass is 35.5. The van der Waals surface area contributed by atoms with Crippen molar-refractivity contribution in [3.8, 4) is 11.5 Å². The van der Waals surface area contributed by atoms with Gasteiger partial charge in [0.15, 0.2) is 11.5 Å². The molecule has 5 heteroatoms. The average Bonchev–Trinajstić information content (AvgIpc) is 2.46. The van der Waals surface area contributed by atoms with E-state index >= 15 is 0 Å². The van der Waals surface area contributed by atoms with Gasteiger partial charge in [0.05, 0.1) is 24.8 Å². The van der Waals surface area contributed by atoms with Gasteiger partial charge in [0.1, 0.15) is 0 Å². The highest BCUT2D eigenvalue weighted by molar-refractivity contribution is 6.32. The number of halogens is 1. The van der Waals surface area contributed by atoms with Crippen molar-refractivity contribution in [2.45, 2.75) is 39.3 Å². The summed E-state index contributed by atoms with van der Waals surface area (Å²) in [6.45, 7) is 6.36. The van der Waals surface area contributed by atoms with Crippen molar-refractivity contribution in [1.29, 1.82) is 0 Å². The summed E-state index contributed by atoms with van der Waals surface area (Å²) in [5.41, 5.74) is 1.06. The highest BCUT2D eigenvalue weighted by Gasteiger charge is 2.14. The topological polar surface area (TPSA) is 39.7 Å². The largest absolute Gasteiger partial charge is 0.493 e. The number of methoxy groups -OCH3 is 2. The first-order valence-corrected chi connectivity index (χ1v) is 7.72. The van der Waals surface area contributed by atoms with E-state index < -0.39 is 0 Å². The second kappa shape index (κ2) is 9.87. The van der Waals surface area contributed by atoms with Crippen LogP contribution in [0.2, 0.25) is 5.02 Å². The number of rotatable bonds is 10. The van der Waals surface area contributed by atoms with Gasteiger partial charge in [-0.3, -0.25) is 0 Å². The molecule has 0 heterocycles. The first-order chi connectivity index (χ1) is 10.1. The lowest BCUT2D eigenvalue weighted by Gasteiger charge is -2.18. The molecule has 1 N–H and O–H groups in total. The van der Waals surface area contributed by atoms with Crippen LogP contribution in [0.15, 0.2) is 12.1 Å². The van der Waals surface area contributed by atoms with Gasteiger partial charge in [0, 0.05) is 20.2 Å². The molecular formula is C16H26ClNO3. The van der Waals surface area contributed by atoms with Crippen LogP contribution >= 0.6 is 11.6 Å². The summed E-state index contributed by atoms with van der Waals surface area (Å²) < 4.78 is 16.3. The van der Waals surface area contributed by atoms with Crippen molar-refractivity contribution in [2.24, 2.45) is 0 Å². The molecule has 1 unspecified atom stereocenters. The Hall–Kier alpha value is -0.970. The Balaban J connectivity index is 2.76. The minimum atomic E-state index is 0.118. The summed E-state index contributed by atoms with van der Waals surface area (Å²) in [5.74, 6) is 1.30.